The molecule has 0 saturated heterocycles. The molecule has 0 radical (unpaired) electrons. The van der Waals surface area contributed by atoms with Crippen molar-refractivity contribution < 1.29 is 0 Å². The zero-order valence-electron chi connectivity index (χ0n) is 23.2. The van der Waals surface area contributed by atoms with Crippen molar-refractivity contribution in [3.05, 3.63) is 152 Å². The van der Waals surface area contributed by atoms with Gasteiger partial charge in [-0.2, -0.15) is 0 Å². The van der Waals surface area contributed by atoms with Crippen molar-refractivity contribution in [1.82, 2.24) is 24.5 Å². The van der Waals surface area contributed by atoms with Crippen LogP contribution in [0.4, 0.5) is 0 Å². The third-order valence-corrected chi connectivity index (χ3v) is 7.70. The van der Waals surface area contributed by atoms with Crippen LogP contribution in [-0.4, -0.2) is 24.5 Å². The second kappa shape index (κ2) is 10.5. The van der Waals surface area contributed by atoms with E-state index in [0.717, 1.165) is 44.7 Å². The Balaban J connectivity index is 1.27. The lowest BCUT2D eigenvalue weighted by atomic mass is 10.0. The average molecular weight is 552 g/mol. The van der Waals surface area contributed by atoms with Crippen LogP contribution in [0, 0.1) is 0 Å². The molecule has 0 aliphatic rings. The summed E-state index contributed by atoms with van der Waals surface area (Å²) in [6.07, 6.45) is 1.84. The largest absolute Gasteiger partial charge is 0.294 e. The molecule has 0 aliphatic heterocycles. The van der Waals surface area contributed by atoms with E-state index in [1.54, 1.807) is 0 Å². The van der Waals surface area contributed by atoms with E-state index in [-0.39, 0.29) is 0 Å². The van der Waals surface area contributed by atoms with E-state index in [4.69, 9.17) is 15.0 Å². The van der Waals surface area contributed by atoms with E-state index >= 15 is 0 Å². The van der Waals surface area contributed by atoms with Gasteiger partial charge in [-0.25, -0.2) is 19.9 Å². The first-order valence-electron chi connectivity index (χ1n) is 14.2. The van der Waals surface area contributed by atoms with Gasteiger partial charge >= 0.3 is 0 Å². The van der Waals surface area contributed by atoms with E-state index in [9.17, 15) is 0 Å². The Morgan fingerprint density at radius 1 is 0.372 bits per heavy atom. The Bertz CT molecular complexity index is 2170. The first kappa shape index (κ1) is 24.8. The van der Waals surface area contributed by atoms with Crippen molar-refractivity contribution in [1.29, 1.82) is 0 Å². The van der Waals surface area contributed by atoms with Crippen LogP contribution in [0.2, 0.25) is 0 Å². The molecule has 202 valence electrons. The molecule has 0 atom stereocenters. The van der Waals surface area contributed by atoms with Gasteiger partial charge in [-0.05, 0) is 47.5 Å². The zero-order chi connectivity index (χ0) is 28.6. The molecular formula is C38H25N5. The number of benzene rings is 5. The van der Waals surface area contributed by atoms with Crippen LogP contribution in [0.5, 0.6) is 0 Å². The van der Waals surface area contributed by atoms with Gasteiger partial charge in [-0.15, -0.1) is 0 Å². The van der Waals surface area contributed by atoms with Gasteiger partial charge in [0.2, 0.25) is 0 Å². The highest BCUT2D eigenvalue weighted by molar-refractivity contribution is 6.10. The van der Waals surface area contributed by atoms with Gasteiger partial charge in [0.25, 0.3) is 0 Å². The number of aromatic nitrogens is 5. The molecule has 3 heterocycles. The SMILES string of the molecule is c1ccc(-c2nc(-c3ccccc3)nc(-c3cccc(-c4ccc5c(c4)c4ccccc4n5-c4ccccn4)c3)n2)cc1. The topological polar surface area (TPSA) is 56.5 Å². The van der Waals surface area contributed by atoms with Gasteiger partial charge in [0.05, 0.1) is 11.0 Å². The van der Waals surface area contributed by atoms with Crippen molar-refractivity contribution in [3.8, 4) is 51.1 Å². The lowest BCUT2D eigenvalue weighted by Gasteiger charge is -2.10. The van der Waals surface area contributed by atoms with Crippen LogP contribution >= 0.6 is 0 Å². The van der Waals surface area contributed by atoms with Crippen LogP contribution in [-0.2, 0) is 0 Å². The Morgan fingerprint density at radius 3 is 1.63 bits per heavy atom. The fraction of sp³-hybridized carbons (Fsp3) is 0. The lowest BCUT2D eigenvalue weighted by Crippen LogP contribution is -2.00. The Hall–Kier alpha value is -5.94. The maximum atomic E-state index is 4.93. The lowest BCUT2D eigenvalue weighted by molar-refractivity contribution is 1.07. The van der Waals surface area contributed by atoms with Crippen LogP contribution in [0.25, 0.3) is 72.9 Å². The smallest absolute Gasteiger partial charge is 0.164 e. The highest BCUT2D eigenvalue weighted by Crippen LogP contribution is 2.35. The van der Waals surface area contributed by atoms with Gasteiger partial charge < -0.3 is 0 Å². The summed E-state index contributed by atoms with van der Waals surface area (Å²) in [5.74, 6) is 2.85. The Kier molecular flexibility index (Phi) is 6.05. The van der Waals surface area contributed by atoms with Gasteiger partial charge in [0.1, 0.15) is 5.82 Å². The molecular weight excluding hydrogens is 526 g/mol. The minimum absolute atomic E-state index is 0.641. The summed E-state index contributed by atoms with van der Waals surface area (Å²) in [7, 11) is 0. The molecule has 0 spiro atoms. The van der Waals surface area contributed by atoms with Crippen LogP contribution in [0.3, 0.4) is 0 Å². The van der Waals surface area contributed by atoms with Gasteiger partial charge in [-0.3, -0.25) is 4.57 Å². The monoisotopic (exact) mass is 551 g/mol. The van der Waals surface area contributed by atoms with Crippen molar-refractivity contribution in [2.45, 2.75) is 0 Å². The number of rotatable bonds is 5. The molecule has 5 heteroatoms. The van der Waals surface area contributed by atoms with E-state index in [0.29, 0.717) is 17.5 Å². The molecule has 3 aromatic heterocycles. The molecule has 5 nitrogen and oxygen atoms in total. The predicted octanol–water partition coefficient (Wildman–Crippen LogP) is 9.03. The van der Waals surface area contributed by atoms with Crippen molar-refractivity contribution in [2.24, 2.45) is 0 Å². The minimum atomic E-state index is 0.641. The second-order valence-electron chi connectivity index (χ2n) is 10.4. The highest BCUT2D eigenvalue weighted by Gasteiger charge is 2.15. The van der Waals surface area contributed by atoms with E-state index < -0.39 is 0 Å². The highest BCUT2D eigenvalue weighted by atomic mass is 15.1. The number of fused-ring (bicyclic) bond motifs is 3. The first-order valence-corrected chi connectivity index (χ1v) is 14.2. The van der Waals surface area contributed by atoms with Crippen molar-refractivity contribution in [3.63, 3.8) is 0 Å². The third kappa shape index (κ3) is 4.53. The second-order valence-corrected chi connectivity index (χ2v) is 10.4. The van der Waals surface area contributed by atoms with Gasteiger partial charge in [0.15, 0.2) is 17.5 Å². The van der Waals surface area contributed by atoms with E-state index in [1.807, 2.05) is 85.1 Å². The van der Waals surface area contributed by atoms with E-state index in [1.165, 1.54) is 10.8 Å². The molecule has 0 unspecified atom stereocenters. The summed E-state index contributed by atoms with van der Waals surface area (Å²) >= 11 is 0. The Labute approximate surface area is 248 Å². The van der Waals surface area contributed by atoms with Crippen LogP contribution < -0.4 is 0 Å². The van der Waals surface area contributed by atoms with Gasteiger partial charge in [-0.1, -0.05) is 109 Å². The van der Waals surface area contributed by atoms with Crippen molar-refractivity contribution >= 4 is 21.8 Å². The Morgan fingerprint density at radius 2 is 0.930 bits per heavy atom. The summed E-state index contributed by atoms with van der Waals surface area (Å²) in [4.78, 5) is 19.3. The van der Waals surface area contributed by atoms with Gasteiger partial charge in [0, 0.05) is 33.7 Å². The molecule has 0 fully saturated rings. The van der Waals surface area contributed by atoms with Crippen LogP contribution in [0.1, 0.15) is 0 Å². The molecule has 0 bridgehead atoms. The fourth-order valence-electron chi connectivity index (χ4n) is 5.66. The number of nitrogens with zero attached hydrogens (tertiary/aromatic N) is 5. The average Bonchev–Trinajstić information content (AvgIpc) is 3.43. The number of hydrogen-bond acceptors (Lipinski definition) is 4. The maximum Gasteiger partial charge on any atom is 0.164 e. The molecule has 5 aromatic carbocycles. The van der Waals surface area contributed by atoms with E-state index in [2.05, 4.69) is 76.3 Å². The predicted molar refractivity (Wildman–Crippen MR) is 174 cm³/mol. The molecule has 0 aliphatic carbocycles. The summed E-state index contributed by atoms with van der Waals surface area (Å²) in [5, 5.41) is 2.38. The normalized spacial score (nSPS) is 11.3. The van der Waals surface area contributed by atoms with Crippen LogP contribution in [0.15, 0.2) is 152 Å². The summed E-state index contributed by atoms with van der Waals surface area (Å²) in [6, 6.07) is 49.7. The molecule has 0 saturated carbocycles. The summed E-state index contributed by atoms with van der Waals surface area (Å²) in [6.45, 7) is 0. The molecule has 8 aromatic rings. The quantitative estimate of drug-likeness (QED) is 0.214. The summed E-state index contributed by atoms with van der Waals surface area (Å²) < 4.78 is 2.23. The number of pyridine rings is 1. The zero-order valence-corrected chi connectivity index (χ0v) is 23.2. The maximum absolute atomic E-state index is 4.93. The molecule has 0 amide bonds. The first-order chi connectivity index (χ1) is 21.3. The minimum Gasteiger partial charge on any atom is -0.294 e. The molecule has 8 rings (SSSR count). The number of para-hydroxylation sites is 1. The third-order valence-electron chi connectivity index (χ3n) is 7.70. The molecule has 43 heavy (non-hydrogen) atoms. The molecule has 0 N–H and O–H groups in total. The number of hydrogen-bond donors (Lipinski definition) is 0. The standard InChI is InChI=1S/C38H25N5/c1-3-12-26(13-4-1)36-40-37(27-14-5-2-6-15-27)42-38(41-36)30-17-11-16-28(24-30)29-21-22-34-32(25-29)31-18-7-8-19-33(31)43(34)35-20-9-10-23-39-35/h1-25H. The summed E-state index contributed by atoms with van der Waals surface area (Å²) in [5.41, 5.74) is 7.32. The fourth-order valence-corrected chi connectivity index (χ4v) is 5.66. The van der Waals surface area contributed by atoms with Crippen molar-refractivity contribution in [2.75, 3.05) is 0 Å².